The van der Waals surface area contributed by atoms with Crippen molar-refractivity contribution >= 4 is 34.3 Å². The molecular weight excluding hydrogens is 226 g/mol. The topological polar surface area (TPSA) is 12.9 Å². The predicted octanol–water partition coefficient (Wildman–Crippen LogP) is 3.87. The third kappa shape index (κ3) is 2.44. The number of fused-ring (bicyclic) bond motifs is 1. The zero-order valence-corrected chi connectivity index (χ0v) is 10.1. The number of para-hydroxylation sites is 1. The Morgan fingerprint density at radius 2 is 2.13 bits per heavy atom. The predicted molar refractivity (Wildman–Crippen MR) is 67.9 cm³/mol. The molecule has 0 aliphatic rings. The van der Waals surface area contributed by atoms with Gasteiger partial charge in [0.2, 0.25) is 0 Å². The van der Waals surface area contributed by atoms with Crippen molar-refractivity contribution < 1.29 is 0 Å². The molecule has 0 aliphatic heterocycles. The van der Waals surface area contributed by atoms with Crippen LogP contribution in [0.3, 0.4) is 0 Å². The van der Waals surface area contributed by atoms with Crippen molar-refractivity contribution in [3.8, 4) is 0 Å². The summed E-state index contributed by atoms with van der Waals surface area (Å²) in [5.74, 6) is 1.58. The molecule has 0 saturated carbocycles. The Hall–Kier alpha value is -0.730. The van der Waals surface area contributed by atoms with E-state index in [-0.39, 0.29) is 0 Å². The summed E-state index contributed by atoms with van der Waals surface area (Å²) in [5.41, 5.74) is 2.28. The number of hydrogen-bond acceptors (Lipinski definition) is 2. The van der Waals surface area contributed by atoms with Gasteiger partial charge in [0.1, 0.15) is 0 Å². The van der Waals surface area contributed by atoms with Crippen LogP contribution in [0.25, 0.3) is 10.9 Å². The van der Waals surface area contributed by atoms with E-state index < -0.39 is 0 Å². The second-order valence-electron chi connectivity index (χ2n) is 3.34. The fourth-order valence-electron chi connectivity index (χ4n) is 1.49. The van der Waals surface area contributed by atoms with E-state index in [0.717, 1.165) is 16.3 Å². The van der Waals surface area contributed by atoms with Crippen molar-refractivity contribution in [2.45, 2.75) is 11.9 Å². The minimum absolute atomic E-state index is 0.665. The summed E-state index contributed by atoms with van der Waals surface area (Å²) >= 11 is 7.39. The third-order valence-corrected chi connectivity index (χ3v) is 3.69. The minimum atomic E-state index is 0.665. The summed E-state index contributed by atoms with van der Waals surface area (Å²) in [6.45, 7) is 2.09. The molecule has 3 heteroatoms. The average molecular weight is 238 g/mol. The molecule has 0 N–H and O–H groups in total. The number of thioether (sulfide) groups is 1. The van der Waals surface area contributed by atoms with Crippen LogP contribution in [-0.4, -0.2) is 16.6 Å². The first-order valence-corrected chi connectivity index (χ1v) is 6.38. The smallest absolute Gasteiger partial charge is 0.0997 e. The van der Waals surface area contributed by atoms with Gasteiger partial charge in [-0.05, 0) is 24.6 Å². The molecule has 78 valence electrons. The maximum absolute atomic E-state index is 5.67. The van der Waals surface area contributed by atoms with E-state index in [1.807, 2.05) is 18.2 Å². The van der Waals surface area contributed by atoms with Crippen molar-refractivity contribution in [2.75, 3.05) is 11.6 Å². The Morgan fingerprint density at radius 1 is 1.33 bits per heavy atom. The van der Waals surface area contributed by atoms with Gasteiger partial charge >= 0.3 is 0 Å². The second kappa shape index (κ2) is 4.86. The lowest BCUT2D eigenvalue weighted by Crippen LogP contribution is -1.89. The number of pyridine rings is 1. The molecule has 0 aliphatic carbocycles. The number of aromatic nitrogens is 1. The van der Waals surface area contributed by atoms with Gasteiger partial charge < -0.3 is 0 Å². The summed E-state index contributed by atoms with van der Waals surface area (Å²) in [6, 6.07) is 10.4. The molecule has 0 fully saturated rings. The Balaban J connectivity index is 2.43. The van der Waals surface area contributed by atoms with Gasteiger partial charge in [-0.25, -0.2) is 4.98 Å². The Morgan fingerprint density at radius 3 is 2.93 bits per heavy atom. The van der Waals surface area contributed by atoms with E-state index in [1.165, 1.54) is 10.9 Å². The van der Waals surface area contributed by atoms with Gasteiger partial charge in [0.05, 0.1) is 10.5 Å². The molecule has 1 aromatic carbocycles. The molecule has 0 unspecified atom stereocenters. The highest BCUT2D eigenvalue weighted by Crippen LogP contribution is 2.24. The van der Waals surface area contributed by atoms with Gasteiger partial charge in [-0.15, -0.1) is 23.4 Å². The summed E-state index contributed by atoms with van der Waals surface area (Å²) < 4.78 is 0. The first-order chi connectivity index (χ1) is 7.31. The number of alkyl halides is 1. The normalized spacial score (nSPS) is 10.8. The molecule has 0 saturated heterocycles. The highest BCUT2D eigenvalue weighted by atomic mass is 35.5. The molecule has 0 radical (unpaired) electrons. The van der Waals surface area contributed by atoms with E-state index >= 15 is 0 Å². The summed E-state index contributed by atoms with van der Waals surface area (Å²) in [4.78, 5) is 4.62. The van der Waals surface area contributed by atoms with Crippen LogP contribution in [0.2, 0.25) is 0 Å². The van der Waals surface area contributed by atoms with Crippen LogP contribution < -0.4 is 0 Å². The second-order valence-corrected chi connectivity index (χ2v) is 4.80. The molecule has 0 bridgehead atoms. The highest BCUT2D eigenvalue weighted by molar-refractivity contribution is 7.99. The maximum Gasteiger partial charge on any atom is 0.0997 e. The van der Waals surface area contributed by atoms with Crippen LogP contribution in [-0.2, 0) is 0 Å². The maximum atomic E-state index is 5.67. The molecule has 1 nitrogen and oxygen atoms in total. The van der Waals surface area contributed by atoms with Gasteiger partial charge in [-0.1, -0.05) is 18.2 Å². The van der Waals surface area contributed by atoms with E-state index in [2.05, 4.69) is 24.0 Å². The van der Waals surface area contributed by atoms with Gasteiger partial charge in [-0.2, -0.15) is 0 Å². The molecule has 15 heavy (non-hydrogen) atoms. The van der Waals surface area contributed by atoms with Crippen LogP contribution in [0.1, 0.15) is 5.56 Å². The SMILES string of the molecule is Cc1cc2ccccc2nc1SCCCl. The van der Waals surface area contributed by atoms with Gasteiger partial charge in [-0.3, -0.25) is 0 Å². The molecule has 0 amide bonds. The van der Waals surface area contributed by atoms with Crippen LogP contribution in [0.5, 0.6) is 0 Å². The zero-order valence-electron chi connectivity index (χ0n) is 8.53. The minimum Gasteiger partial charge on any atom is -0.241 e. The van der Waals surface area contributed by atoms with Crippen LogP contribution in [0, 0.1) is 6.92 Å². The molecular formula is C12H12ClNS. The van der Waals surface area contributed by atoms with Gasteiger partial charge in [0, 0.05) is 17.0 Å². The molecule has 0 atom stereocenters. The average Bonchev–Trinajstić information content (AvgIpc) is 2.26. The number of halogens is 1. The number of hydrogen-bond donors (Lipinski definition) is 0. The number of aryl methyl sites for hydroxylation is 1. The van der Waals surface area contributed by atoms with E-state index in [0.29, 0.717) is 5.88 Å². The van der Waals surface area contributed by atoms with Crippen molar-refractivity contribution in [3.05, 3.63) is 35.9 Å². The first-order valence-electron chi connectivity index (χ1n) is 4.86. The lowest BCUT2D eigenvalue weighted by atomic mass is 10.2. The fraction of sp³-hybridized carbons (Fsp3) is 0.250. The van der Waals surface area contributed by atoms with E-state index in [1.54, 1.807) is 11.8 Å². The molecule has 2 aromatic rings. The molecule has 0 spiro atoms. The van der Waals surface area contributed by atoms with Crippen molar-refractivity contribution in [1.82, 2.24) is 4.98 Å². The lowest BCUT2D eigenvalue weighted by Gasteiger charge is -2.05. The Bertz CT molecular complexity index is 470. The largest absolute Gasteiger partial charge is 0.241 e. The number of rotatable bonds is 3. The van der Waals surface area contributed by atoms with Gasteiger partial charge in [0.25, 0.3) is 0 Å². The van der Waals surface area contributed by atoms with Gasteiger partial charge in [0.15, 0.2) is 0 Å². The third-order valence-electron chi connectivity index (χ3n) is 2.18. The summed E-state index contributed by atoms with van der Waals surface area (Å²) in [7, 11) is 0. The molecule has 1 heterocycles. The van der Waals surface area contributed by atoms with Crippen molar-refractivity contribution in [1.29, 1.82) is 0 Å². The fourth-order valence-corrected chi connectivity index (χ4v) is 2.44. The quantitative estimate of drug-likeness (QED) is 0.594. The highest BCUT2D eigenvalue weighted by Gasteiger charge is 2.02. The Kier molecular flexibility index (Phi) is 3.49. The van der Waals surface area contributed by atoms with E-state index in [4.69, 9.17) is 11.6 Å². The number of nitrogens with zero attached hydrogens (tertiary/aromatic N) is 1. The molecule has 1 aromatic heterocycles. The first kappa shape index (κ1) is 10.8. The van der Waals surface area contributed by atoms with Crippen molar-refractivity contribution in [2.24, 2.45) is 0 Å². The van der Waals surface area contributed by atoms with Crippen molar-refractivity contribution in [3.63, 3.8) is 0 Å². The van der Waals surface area contributed by atoms with E-state index in [9.17, 15) is 0 Å². The van der Waals surface area contributed by atoms with Crippen LogP contribution in [0.4, 0.5) is 0 Å². The Labute approximate surface area is 98.9 Å². The summed E-state index contributed by atoms with van der Waals surface area (Å²) in [5, 5.41) is 2.29. The number of benzene rings is 1. The monoisotopic (exact) mass is 237 g/mol. The van der Waals surface area contributed by atoms with Crippen LogP contribution >= 0.6 is 23.4 Å². The zero-order chi connectivity index (χ0) is 10.7. The lowest BCUT2D eigenvalue weighted by molar-refractivity contribution is 1.12. The standard InChI is InChI=1S/C12H12ClNS/c1-9-8-10-4-2-3-5-11(10)14-12(9)15-7-6-13/h2-5,8H,6-7H2,1H3. The summed E-state index contributed by atoms with van der Waals surface area (Å²) in [6.07, 6.45) is 0. The van der Waals surface area contributed by atoms with Crippen LogP contribution in [0.15, 0.2) is 35.4 Å². The molecule has 2 rings (SSSR count).